The van der Waals surface area contributed by atoms with Gasteiger partial charge in [-0.3, -0.25) is 9.59 Å². The summed E-state index contributed by atoms with van der Waals surface area (Å²) in [7, 11) is 1.62. The number of hydrogen-bond acceptors (Lipinski definition) is 6. The van der Waals surface area contributed by atoms with Crippen LogP contribution in [0.15, 0.2) is 58.7 Å². The van der Waals surface area contributed by atoms with E-state index in [0.29, 0.717) is 5.17 Å². The van der Waals surface area contributed by atoms with Crippen LogP contribution in [-0.2, 0) is 9.59 Å². The maximum atomic E-state index is 11.7. The summed E-state index contributed by atoms with van der Waals surface area (Å²) in [6, 6.07) is 15.4. The van der Waals surface area contributed by atoms with Crippen LogP contribution in [0.3, 0.4) is 0 Å². The number of amides is 1. The molecule has 1 heterocycles. The molecular formula is C19H17N3O4S. The molecule has 2 N–H and O–H groups in total. The van der Waals surface area contributed by atoms with E-state index < -0.39 is 11.2 Å². The van der Waals surface area contributed by atoms with Gasteiger partial charge in [0, 0.05) is 5.56 Å². The molecule has 0 spiro atoms. The van der Waals surface area contributed by atoms with E-state index in [4.69, 9.17) is 9.84 Å². The van der Waals surface area contributed by atoms with Gasteiger partial charge in [0.05, 0.1) is 19.7 Å². The van der Waals surface area contributed by atoms with Crippen LogP contribution in [0.2, 0.25) is 0 Å². The molecule has 7 nitrogen and oxygen atoms in total. The molecule has 138 valence electrons. The Morgan fingerprint density at radius 3 is 2.70 bits per heavy atom. The number of benzene rings is 2. The van der Waals surface area contributed by atoms with Gasteiger partial charge in [-0.15, -0.1) is 5.10 Å². The van der Waals surface area contributed by atoms with E-state index >= 15 is 0 Å². The van der Waals surface area contributed by atoms with Gasteiger partial charge in [-0.25, -0.2) is 0 Å². The van der Waals surface area contributed by atoms with E-state index in [9.17, 15) is 9.59 Å². The molecule has 1 fully saturated rings. The minimum absolute atomic E-state index is 0.250. The Labute approximate surface area is 160 Å². The number of aliphatic carboxylic acids is 1. The Morgan fingerprint density at radius 2 is 2.00 bits per heavy atom. The highest BCUT2D eigenvalue weighted by Crippen LogP contribution is 2.25. The molecule has 2 aromatic carbocycles. The molecule has 27 heavy (non-hydrogen) atoms. The number of methoxy groups -OCH3 is 1. The van der Waals surface area contributed by atoms with Crippen molar-refractivity contribution in [1.82, 2.24) is 5.32 Å². The lowest BCUT2D eigenvalue weighted by Crippen LogP contribution is -2.26. The first-order valence-corrected chi connectivity index (χ1v) is 8.98. The molecule has 8 heteroatoms. The van der Waals surface area contributed by atoms with Gasteiger partial charge in [0.2, 0.25) is 5.91 Å². The number of nitrogens with zero attached hydrogens (tertiary/aromatic N) is 2. The van der Waals surface area contributed by atoms with Crippen LogP contribution in [0.25, 0.3) is 11.1 Å². The Morgan fingerprint density at radius 1 is 1.26 bits per heavy atom. The fourth-order valence-corrected chi connectivity index (χ4v) is 3.45. The van der Waals surface area contributed by atoms with Crippen molar-refractivity contribution in [1.29, 1.82) is 0 Å². The summed E-state index contributed by atoms with van der Waals surface area (Å²) in [5, 5.41) is 19.0. The van der Waals surface area contributed by atoms with Crippen LogP contribution in [0.4, 0.5) is 0 Å². The van der Waals surface area contributed by atoms with Gasteiger partial charge >= 0.3 is 5.97 Å². The summed E-state index contributed by atoms with van der Waals surface area (Å²) in [6.45, 7) is 0. The highest BCUT2D eigenvalue weighted by molar-refractivity contribution is 8.15. The largest absolute Gasteiger partial charge is 0.497 e. The van der Waals surface area contributed by atoms with Crippen LogP contribution >= 0.6 is 11.8 Å². The van der Waals surface area contributed by atoms with Gasteiger partial charge in [0.1, 0.15) is 11.0 Å². The second-order valence-electron chi connectivity index (χ2n) is 5.66. The van der Waals surface area contributed by atoms with Gasteiger partial charge in [-0.2, -0.15) is 5.10 Å². The Balaban J connectivity index is 1.76. The number of hydrogen-bond donors (Lipinski definition) is 2. The van der Waals surface area contributed by atoms with Crippen molar-refractivity contribution in [3.05, 3.63) is 54.1 Å². The Hall–Kier alpha value is -3.13. The summed E-state index contributed by atoms with van der Waals surface area (Å²) in [5.74, 6) is -0.614. The molecule has 1 aliphatic heterocycles. The number of carbonyl (C=O) groups excluding carboxylic acids is 1. The lowest BCUT2D eigenvalue weighted by Gasteiger charge is -2.06. The van der Waals surface area contributed by atoms with E-state index in [1.807, 2.05) is 48.5 Å². The average molecular weight is 383 g/mol. The number of carboxylic acid groups (broad SMARTS) is 1. The second kappa shape index (κ2) is 8.50. The first-order chi connectivity index (χ1) is 13.1. The molecule has 0 aromatic heterocycles. The Kier molecular flexibility index (Phi) is 5.87. The second-order valence-corrected chi connectivity index (χ2v) is 6.85. The molecule has 3 rings (SSSR count). The molecule has 0 radical (unpaired) electrons. The van der Waals surface area contributed by atoms with Crippen LogP contribution < -0.4 is 10.1 Å². The lowest BCUT2D eigenvalue weighted by molar-refractivity contribution is -0.138. The van der Waals surface area contributed by atoms with Crippen molar-refractivity contribution >= 4 is 35.0 Å². The van der Waals surface area contributed by atoms with Crippen LogP contribution in [0.5, 0.6) is 5.75 Å². The monoisotopic (exact) mass is 383 g/mol. The number of ether oxygens (including phenoxy) is 1. The van der Waals surface area contributed by atoms with Gasteiger partial charge in [-0.05, 0) is 23.3 Å². The molecule has 0 aliphatic carbocycles. The molecule has 1 atom stereocenters. The van der Waals surface area contributed by atoms with Crippen LogP contribution in [0, 0.1) is 0 Å². The maximum Gasteiger partial charge on any atom is 0.305 e. The minimum atomic E-state index is -1.03. The van der Waals surface area contributed by atoms with Crippen LogP contribution in [-0.4, -0.2) is 40.7 Å². The van der Waals surface area contributed by atoms with E-state index in [0.717, 1.165) is 34.2 Å². The summed E-state index contributed by atoms with van der Waals surface area (Å²) in [4.78, 5) is 22.5. The van der Waals surface area contributed by atoms with E-state index in [1.165, 1.54) is 0 Å². The SMILES string of the molecule is COc1ccc(-c2ccccc2C=NN=C2NC(=O)C(CC(=O)O)S2)cc1. The number of rotatable bonds is 6. The predicted molar refractivity (Wildman–Crippen MR) is 105 cm³/mol. The van der Waals surface area contributed by atoms with Gasteiger partial charge in [0.25, 0.3) is 0 Å². The number of carboxylic acids is 1. The van der Waals surface area contributed by atoms with Crippen molar-refractivity contribution in [3.63, 3.8) is 0 Å². The van der Waals surface area contributed by atoms with Gasteiger partial charge < -0.3 is 15.2 Å². The van der Waals surface area contributed by atoms with Crippen molar-refractivity contribution < 1.29 is 19.4 Å². The number of carbonyl (C=O) groups is 2. The third-order valence-electron chi connectivity index (χ3n) is 3.84. The summed E-state index contributed by atoms with van der Waals surface area (Å²) in [6.07, 6.45) is 1.35. The topological polar surface area (TPSA) is 100 Å². The smallest absolute Gasteiger partial charge is 0.305 e. The van der Waals surface area contributed by atoms with Gasteiger partial charge in [0.15, 0.2) is 5.17 Å². The maximum absolute atomic E-state index is 11.7. The molecule has 0 saturated carbocycles. The first-order valence-electron chi connectivity index (χ1n) is 8.10. The quantitative estimate of drug-likeness (QED) is 0.590. The van der Waals surface area contributed by atoms with Crippen LogP contribution in [0.1, 0.15) is 12.0 Å². The van der Waals surface area contributed by atoms with Gasteiger partial charge in [-0.1, -0.05) is 48.2 Å². The third kappa shape index (κ3) is 4.73. The zero-order valence-electron chi connectivity index (χ0n) is 14.5. The highest BCUT2D eigenvalue weighted by atomic mass is 32.2. The zero-order valence-corrected chi connectivity index (χ0v) is 15.3. The number of thioether (sulfide) groups is 1. The molecule has 0 bridgehead atoms. The Bertz CT molecular complexity index is 909. The fourth-order valence-electron chi connectivity index (χ4n) is 2.53. The standard InChI is InChI=1S/C19H17N3O4S/c1-26-14-8-6-12(7-9-14)15-5-3-2-4-13(15)11-20-22-19-21-18(25)16(27-19)10-17(23)24/h2-9,11,16H,10H2,1H3,(H,23,24)(H,21,22,25). The van der Waals surface area contributed by atoms with Crippen molar-refractivity contribution in [3.8, 4) is 16.9 Å². The predicted octanol–water partition coefficient (Wildman–Crippen LogP) is 2.76. The first kappa shape index (κ1) is 18.7. The number of nitrogens with one attached hydrogen (secondary N) is 1. The molecular weight excluding hydrogens is 366 g/mol. The fraction of sp³-hybridized carbons (Fsp3) is 0.158. The minimum Gasteiger partial charge on any atom is -0.497 e. The van der Waals surface area contributed by atoms with Crippen molar-refractivity contribution in [2.45, 2.75) is 11.7 Å². The molecule has 1 amide bonds. The molecule has 1 aliphatic rings. The summed E-state index contributed by atoms with van der Waals surface area (Å²) < 4.78 is 5.18. The molecule has 1 saturated heterocycles. The molecule has 2 aromatic rings. The highest BCUT2D eigenvalue weighted by Gasteiger charge is 2.32. The third-order valence-corrected chi connectivity index (χ3v) is 4.92. The molecule has 1 unspecified atom stereocenters. The van der Waals surface area contributed by atoms with Crippen molar-refractivity contribution in [2.75, 3.05) is 7.11 Å². The number of amidine groups is 1. The summed E-state index contributed by atoms with van der Waals surface area (Å²) >= 11 is 1.07. The van der Waals surface area contributed by atoms with E-state index in [2.05, 4.69) is 15.5 Å². The van der Waals surface area contributed by atoms with E-state index in [-0.39, 0.29) is 12.3 Å². The van der Waals surface area contributed by atoms with E-state index in [1.54, 1.807) is 13.3 Å². The average Bonchev–Trinajstić information content (AvgIpc) is 3.01. The lowest BCUT2D eigenvalue weighted by atomic mass is 10.0. The normalized spacial score (nSPS) is 18.0. The summed E-state index contributed by atoms with van der Waals surface area (Å²) in [5.41, 5.74) is 2.86. The zero-order chi connectivity index (χ0) is 19.2. The van der Waals surface area contributed by atoms with Crippen molar-refractivity contribution in [2.24, 2.45) is 10.2 Å².